The van der Waals surface area contributed by atoms with Crippen molar-refractivity contribution in [1.29, 1.82) is 0 Å². The lowest BCUT2D eigenvalue weighted by molar-refractivity contribution is -0.385. The molecule has 1 aromatic rings. The van der Waals surface area contributed by atoms with Crippen LogP contribution in [0, 0.1) is 17.0 Å². The molecule has 0 unspecified atom stereocenters. The molecule has 1 rings (SSSR count). The highest BCUT2D eigenvalue weighted by Crippen LogP contribution is 2.23. The smallest absolute Gasteiger partial charge is 0.290 e. The third-order valence-corrected chi connectivity index (χ3v) is 3.26. The Kier molecular flexibility index (Phi) is 5.69. The molecule has 0 aliphatic carbocycles. The van der Waals surface area contributed by atoms with Crippen molar-refractivity contribution in [2.75, 3.05) is 18.1 Å². The zero-order valence-electron chi connectivity index (χ0n) is 11.7. The zero-order chi connectivity index (χ0) is 14.4. The van der Waals surface area contributed by atoms with Crippen LogP contribution in [0.15, 0.2) is 12.1 Å². The largest absolute Gasteiger partial charge is 0.395 e. The van der Waals surface area contributed by atoms with Gasteiger partial charge in [-0.1, -0.05) is 13.8 Å². The van der Waals surface area contributed by atoms with Crippen LogP contribution in [0.25, 0.3) is 0 Å². The predicted octanol–water partition coefficient (Wildman–Crippen LogP) is 2.29. The number of aliphatic hydroxyl groups is 1. The summed E-state index contributed by atoms with van der Waals surface area (Å²) in [5.74, 6) is 0.686. The lowest BCUT2D eigenvalue weighted by atomic mass is 10.1. The van der Waals surface area contributed by atoms with Gasteiger partial charge in [0.05, 0.1) is 11.5 Å². The molecule has 0 bridgehead atoms. The minimum absolute atomic E-state index is 0.0252. The second-order valence-corrected chi connectivity index (χ2v) is 4.42. The summed E-state index contributed by atoms with van der Waals surface area (Å²) in [5, 5.41) is 20.0. The van der Waals surface area contributed by atoms with E-state index in [-0.39, 0.29) is 18.3 Å². The highest BCUT2D eigenvalue weighted by Gasteiger charge is 2.19. The Labute approximate surface area is 113 Å². The highest BCUT2D eigenvalue weighted by atomic mass is 16.6. The van der Waals surface area contributed by atoms with Crippen molar-refractivity contribution in [3.8, 4) is 0 Å². The monoisotopic (exact) mass is 267 g/mol. The van der Waals surface area contributed by atoms with E-state index in [1.165, 1.54) is 6.07 Å². The van der Waals surface area contributed by atoms with Crippen molar-refractivity contribution >= 4 is 11.5 Å². The van der Waals surface area contributed by atoms with Crippen molar-refractivity contribution in [3.05, 3.63) is 27.9 Å². The third kappa shape index (κ3) is 3.64. The Morgan fingerprint density at radius 3 is 2.47 bits per heavy atom. The van der Waals surface area contributed by atoms with Gasteiger partial charge in [-0.3, -0.25) is 10.1 Å². The van der Waals surface area contributed by atoms with Crippen LogP contribution in [0.4, 0.5) is 11.5 Å². The normalized spacial score (nSPS) is 10.8. The molecule has 0 atom stereocenters. The fraction of sp³-hybridized carbons (Fsp3) is 0.615. The zero-order valence-corrected chi connectivity index (χ0v) is 11.7. The number of nitro groups is 1. The molecule has 0 aliphatic heterocycles. The Hall–Kier alpha value is -1.69. The van der Waals surface area contributed by atoms with Crippen LogP contribution in [0.5, 0.6) is 0 Å². The summed E-state index contributed by atoms with van der Waals surface area (Å²) in [6.07, 6.45) is 1.88. The van der Waals surface area contributed by atoms with Crippen molar-refractivity contribution in [3.63, 3.8) is 0 Å². The molecule has 1 N–H and O–H groups in total. The Balaban J connectivity index is 3.09. The van der Waals surface area contributed by atoms with Crippen molar-refractivity contribution < 1.29 is 10.0 Å². The first-order valence-electron chi connectivity index (χ1n) is 6.54. The predicted molar refractivity (Wildman–Crippen MR) is 74.4 cm³/mol. The van der Waals surface area contributed by atoms with Crippen LogP contribution in [0.1, 0.15) is 32.4 Å². The summed E-state index contributed by atoms with van der Waals surface area (Å²) >= 11 is 0. The van der Waals surface area contributed by atoms with Gasteiger partial charge in [-0.2, -0.15) is 0 Å². The molecule has 0 spiro atoms. The number of pyridine rings is 1. The number of nitrogens with zero attached hydrogens (tertiary/aromatic N) is 3. The Bertz CT molecular complexity index is 433. The summed E-state index contributed by atoms with van der Waals surface area (Å²) in [4.78, 5) is 16.7. The van der Waals surface area contributed by atoms with Gasteiger partial charge in [-0.05, 0) is 25.8 Å². The molecule has 6 heteroatoms. The molecule has 0 saturated heterocycles. The van der Waals surface area contributed by atoms with Gasteiger partial charge in [0, 0.05) is 18.7 Å². The third-order valence-electron chi connectivity index (χ3n) is 3.26. The van der Waals surface area contributed by atoms with Crippen LogP contribution >= 0.6 is 0 Å². The summed E-state index contributed by atoms with van der Waals surface area (Å²) in [6, 6.07) is 3.41. The van der Waals surface area contributed by atoms with Gasteiger partial charge in [0.25, 0.3) is 5.69 Å². The van der Waals surface area contributed by atoms with Gasteiger partial charge in [-0.15, -0.1) is 0 Å². The molecular weight excluding hydrogens is 246 g/mol. The van der Waals surface area contributed by atoms with Gasteiger partial charge in [-0.25, -0.2) is 4.98 Å². The Morgan fingerprint density at radius 1 is 1.42 bits per heavy atom. The van der Waals surface area contributed by atoms with Crippen molar-refractivity contribution in [2.45, 2.75) is 39.7 Å². The molecule has 1 heterocycles. The molecule has 106 valence electrons. The van der Waals surface area contributed by atoms with Crippen LogP contribution in [0.2, 0.25) is 0 Å². The van der Waals surface area contributed by atoms with E-state index in [0.29, 0.717) is 18.1 Å². The maximum Gasteiger partial charge on any atom is 0.290 e. The first-order valence-corrected chi connectivity index (χ1v) is 6.54. The minimum atomic E-state index is -0.431. The maximum absolute atomic E-state index is 10.8. The molecular formula is C13H21N3O3. The number of aryl methyl sites for hydroxylation is 1. The van der Waals surface area contributed by atoms with Crippen molar-refractivity contribution in [1.82, 2.24) is 4.98 Å². The average Bonchev–Trinajstić information content (AvgIpc) is 2.38. The van der Waals surface area contributed by atoms with Gasteiger partial charge >= 0.3 is 0 Å². The molecule has 0 aliphatic rings. The fourth-order valence-corrected chi connectivity index (χ4v) is 2.21. The van der Waals surface area contributed by atoms with E-state index in [0.717, 1.165) is 12.8 Å². The van der Waals surface area contributed by atoms with E-state index >= 15 is 0 Å². The van der Waals surface area contributed by atoms with Crippen LogP contribution in [0.3, 0.4) is 0 Å². The molecule has 0 amide bonds. The second-order valence-electron chi connectivity index (χ2n) is 4.42. The van der Waals surface area contributed by atoms with Crippen LogP contribution in [-0.2, 0) is 0 Å². The molecule has 6 nitrogen and oxygen atoms in total. The summed E-state index contributed by atoms with van der Waals surface area (Å²) in [7, 11) is 0. The number of rotatable bonds is 7. The molecule has 0 saturated carbocycles. The molecule has 19 heavy (non-hydrogen) atoms. The summed E-state index contributed by atoms with van der Waals surface area (Å²) in [6.45, 7) is 6.31. The lowest BCUT2D eigenvalue weighted by Gasteiger charge is -2.31. The molecule has 1 aromatic heterocycles. The number of aromatic nitrogens is 1. The maximum atomic E-state index is 10.8. The van der Waals surface area contributed by atoms with E-state index in [4.69, 9.17) is 0 Å². The van der Waals surface area contributed by atoms with E-state index < -0.39 is 4.92 Å². The van der Waals surface area contributed by atoms with E-state index in [1.807, 2.05) is 4.90 Å². The Morgan fingerprint density at radius 2 is 2.05 bits per heavy atom. The number of aliphatic hydroxyl groups excluding tert-OH is 1. The van der Waals surface area contributed by atoms with E-state index in [2.05, 4.69) is 18.8 Å². The highest BCUT2D eigenvalue weighted by molar-refractivity contribution is 5.47. The molecule has 0 fully saturated rings. The molecule has 0 radical (unpaired) electrons. The standard InChI is InChI=1S/C13H21N3O3/c1-4-11(5-2)15(8-9-17)13-7-6-12(16(18)19)10(3)14-13/h6-7,11,17H,4-5,8-9H2,1-3H3. The van der Waals surface area contributed by atoms with Crippen molar-refractivity contribution in [2.24, 2.45) is 0 Å². The number of hydrogen-bond donors (Lipinski definition) is 1. The van der Waals surface area contributed by atoms with Crippen LogP contribution in [-0.4, -0.2) is 34.2 Å². The SMILES string of the molecule is CCC(CC)N(CCO)c1ccc([N+](=O)[O-])c(C)n1. The first kappa shape index (κ1) is 15.4. The fourth-order valence-electron chi connectivity index (χ4n) is 2.21. The van der Waals surface area contributed by atoms with Gasteiger partial charge < -0.3 is 10.0 Å². The summed E-state index contributed by atoms with van der Waals surface area (Å²) in [5.41, 5.74) is 0.425. The first-order chi connectivity index (χ1) is 9.04. The second kappa shape index (κ2) is 7.04. The summed E-state index contributed by atoms with van der Waals surface area (Å²) < 4.78 is 0. The molecule has 0 aromatic carbocycles. The van der Waals surface area contributed by atoms with E-state index in [1.54, 1.807) is 13.0 Å². The van der Waals surface area contributed by atoms with Gasteiger partial charge in [0.2, 0.25) is 0 Å². The van der Waals surface area contributed by atoms with Gasteiger partial charge in [0.15, 0.2) is 0 Å². The average molecular weight is 267 g/mol. The minimum Gasteiger partial charge on any atom is -0.395 e. The van der Waals surface area contributed by atoms with E-state index in [9.17, 15) is 15.2 Å². The quantitative estimate of drug-likeness (QED) is 0.605. The number of anilines is 1. The topological polar surface area (TPSA) is 79.5 Å². The van der Waals surface area contributed by atoms with Crippen LogP contribution < -0.4 is 4.90 Å². The lowest BCUT2D eigenvalue weighted by Crippen LogP contribution is -2.37. The van der Waals surface area contributed by atoms with Gasteiger partial charge in [0.1, 0.15) is 11.5 Å². The number of hydrogen-bond acceptors (Lipinski definition) is 5.